The Morgan fingerprint density at radius 3 is 2.25 bits per heavy atom. The third-order valence-electron chi connectivity index (χ3n) is 1.94. The van der Waals surface area contributed by atoms with E-state index < -0.39 is 5.97 Å². The fourth-order valence-electron chi connectivity index (χ4n) is 1.03. The number of hydrogen-bond donors (Lipinski definition) is 1. The number of carboxylic acid groups (broad SMARTS) is 1. The molecule has 1 aliphatic carbocycles. The van der Waals surface area contributed by atoms with Gasteiger partial charge in [0.1, 0.15) is 0 Å². The highest BCUT2D eigenvalue weighted by molar-refractivity contribution is 5.71. The number of carboxylic acids is 1. The molecular formula is C6H10O2. The van der Waals surface area contributed by atoms with Gasteiger partial charge in [-0.3, -0.25) is 4.79 Å². The molecule has 0 aromatic heterocycles. The quantitative estimate of drug-likeness (QED) is 0.554. The van der Waals surface area contributed by atoms with Crippen molar-refractivity contribution in [2.24, 2.45) is 11.8 Å². The van der Waals surface area contributed by atoms with Crippen molar-refractivity contribution >= 4 is 5.97 Å². The summed E-state index contributed by atoms with van der Waals surface area (Å²) in [7, 11) is 0. The van der Waals surface area contributed by atoms with Crippen LogP contribution in [0.5, 0.6) is 0 Å². The molecule has 0 radical (unpaired) electrons. The largest absolute Gasteiger partial charge is 0.481 e. The Bertz CT molecular complexity index is 109. The summed E-state index contributed by atoms with van der Waals surface area (Å²) in [6.07, 6.45) is 1.98. The summed E-state index contributed by atoms with van der Waals surface area (Å²) < 4.78 is 0. The maximum absolute atomic E-state index is 10.2. The Morgan fingerprint density at radius 2 is 2.25 bits per heavy atom. The van der Waals surface area contributed by atoms with Crippen molar-refractivity contribution < 1.29 is 9.90 Å². The summed E-state index contributed by atoms with van der Waals surface area (Å²) in [5, 5.41) is 8.40. The van der Waals surface area contributed by atoms with Crippen molar-refractivity contribution in [2.75, 3.05) is 0 Å². The van der Waals surface area contributed by atoms with E-state index in [2.05, 4.69) is 0 Å². The highest BCUT2D eigenvalue weighted by atomic mass is 16.4. The molecule has 2 atom stereocenters. The van der Waals surface area contributed by atoms with Crippen LogP contribution in [0.2, 0.25) is 0 Å². The van der Waals surface area contributed by atoms with E-state index >= 15 is 0 Å². The average molecular weight is 114 g/mol. The molecule has 0 bridgehead atoms. The molecule has 0 amide bonds. The molecule has 0 aromatic carbocycles. The summed E-state index contributed by atoms with van der Waals surface area (Å²) in [6, 6.07) is 0. The fourth-order valence-corrected chi connectivity index (χ4v) is 1.03. The number of hydrogen-bond acceptors (Lipinski definition) is 1. The highest BCUT2D eigenvalue weighted by Crippen LogP contribution is 2.33. The van der Waals surface area contributed by atoms with Gasteiger partial charge in [0.15, 0.2) is 0 Å². The lowest BCUT2D eigenvalue weighted by Gasteiger charge is -2.29. The molecule has 0 unspecified atom stereocenters. The van der Waals surface area contributed by atoms with E-state index in [0.717, 1.165) is 12.8 Å². The number of rotatable bonds is 1. The van der Waals surface area contributed by atoms with Gasteiger partial charge in [0.25, 0.3) is 0 Å². The van der Waals surface area contributed by atoms with Crippen molar-refractivity contribution in [2.45, 2.75) is 19.8 Å². The molecule has 2 heteroatoms. The van der Waals surface area contributed by atoms with Crippen LogP contribution in [0.3, 0.4) is 0 Å². The molecule has 8 heavy (non-hydrogen) atoms. The fraction of sp³-hybridized carbons (Fsp3) is 0.833. The van der Waals surface area contributed by atoms with E-state index in [1.165, 1.54) is 0 Å². The van der Waals surface area contributed by atoms with Crippen LogP contribution in [-0.4, -0.2) is 11.1 Å². The van der Waals surface area contributed by atoms with Crippen LogP contribution in [-0.2, 0) is 4.79 Å². The predicted octanol–water partition coefficient (Wildman–Crippen LogP) is 1.12. The van der Waals surface area contributed by atoms with E-state index in [-0.39, 0.29) is 5.92 Å². The number of aliphatic carboxylic acids is 1. The molecular weight excluding hydrogens is 104 g/mol. The third-order valence-corrected chi connectivity index (χ3v) is 1.94. The Balaban J connectivity index is 2.37. The van der Waals surface area contributed by atoms with Gasteiger partial charge in [-0.25, -0.2) is 0 Å². The Kier molecular flexibility index (Phi) is 1.24. The van der Waals surface area contributed by atoms with E-state index in [1.807, 2.05) is 6.92 Å². The maximum Gasteiger partial charge on any atom is 0.306 e. The highest BCUT2D eigenvalue weighted by Gasteiger charge is 2.32. The van der Waals surface area contributed by atoms with Crippen molar-refractivity contribution in [3.05, 3.63) is 0 Å². The minimum absolute atomic E-state index is 0.0324. The molecule has 1 N–H and O–H groups in total. The van der Waals surface area contributed by atoms with Crippen molar-refractivity contribution in [1.29, 1.82) is 0 Å². The summed E-state index contributed by atoms with van der Waals surface area (Å²) in [5.41, 5.74) is 0. The van der Waals surface area contributed by atoms with Crippen molar-refractivity contribution in [3.8, 4) is 0 Å². The monoisotopic (exact) mass is 114 g/mol. The molecule has 0 saturated heterocycles. The van der Waals surface area contributed by atoms with E-state index in [0.29, 0.717) is 5.92 Å². The Morgan fingerprint density at radius 1 is 1.62 bits per heavy atom. The van der Waals surface area contributed by atoms with Gasteiger partial charge in [-0.15, -0.1) is 0 Å². The maximum atomic E-state index is 10.2. The molecule has 0 spiro atoms. The molecule has 1 rings (SSSR count). The lowest BCUT2D eigenvalue weighted by Crippen LogP contribution is -2.30. The lowest BCUT2D eigenvalue weighted by molar-refractivity contribution is -0.147. The van der Waals surface area contributed by atoms with Crippen LogP contribution in [0.1, 0.15) is 19.8 Å². The van der Waals surface area contributed by atoms with Crippen LogP contribution >= 0.6 is 0 Å². The van der Waals surface area contributed by atoms with Gasteiger partial charge in [-0.05, 0) is 18.8 Å². The van der Waals surface area contributed by atoms with Gasteiger partial charge >= 0.3 is 5.97 Å². The second kappa shape index (κ2) is 1.77. The molecule has 1 aliphatic rings. The zero-order valence-electron chi connectivity index (χ0n) is 4.92. The van der Waals surface area contributed by atoms with Gasteiger partial charge in [0, 0.05) is 0 Å². The molecule has 0 aliphatic heterocycles. The predicted molar refractivity (Wildman–Crippen MR) is 29.5 cm³/mol. The van der Waals surface area contributed by atoms with Crippen LogP contribution in [0, 0.1) is 11.8 Å². The molecule has 46 valence electrons. The van der Waals surface area contributed by atoms with Gasteiger partial charge in [0.05, 0.1) is 5.92 Å². The first-order valence-electron chi connectivity index (χ1n) is 2.94. The Hall–Kier alpha value is -0.530. The SMILES string of the molecule is C[C@H]1CC[C@@H]1C(=O)O. The van der Waals surface area contributed by atoms with Gasteiger partial charge in [0.2, 0.25) is 0 Å². The first-order valence-corrected chi connectivity index (χ1v) is 2.94. The first kappa shape index (κ1) is 5.60. The normalized spacial score (nSPS) is 36.1. The minimum atomic E-state index is -0.622. The van der Waals surface area contributed by atoms with Crippen LogP contribution in [0.4, 0.5) is 0 Å². The second-order valence-electron chi connectivity index (χ2n) is 2.50. The molecule has 1 fully saturated rings. The van der Waals surface area contributed by atoms with Gasteiger partial charge in [-0.2, -0.15) is 0 Å². The molecule has 0 aromatic rings. The molecule has 1 saturated carbocycles. The average Bonchev–Trinajstić information content (AvgIpc) is 1.61. The summed E-state index contributed by atoms with van der Waals surface area (Å²) in [5.74, 6) is -0.230. The van der Waals surface area contributed by atoms with Crippen LogP contribution in [0.25, 0.3) is 0 Å². The minimum Gasteiger partial charge on any atom is -0.481 e. The van der Waals surface area contributed by atoms with E-state index in [4.69, 9.17) is 5.11 Å². The number of carbonyl (C=O) groups is 1. The van der Waals surface area contributed by atoms with Crippen molar-refractivity contribution in [3.63, 3.8) is 0 Å². The smallest absolute Gasteiger partial charge is 0.306 e. The zero-order chi connectivity index (χ0) is 6.15. The Labute approximate surface area is 48.5 Å². The van der Waals surface area contributed by atoms with Crippen LogP contribution < -0.4 is 0 Å². The molecule has 2 nitrogen and oxygen atoms in total. The summed E-state index contributed by atoms with van der Waals surface area (Å²) in [4.78, 5) is 10.2. The summed E-state index contributed by atoms with van der Waals surface area (Å²) >= 11 is 0. The lowest BCUT2D eigenvalue weighted by atomic mass is 9.75. The van der Waals surface area contributed by atoms with Gasteiger partial charge < -0.3 is 5.11 Å². The van der Waals surface area contributed by atoms with Crippen molar-refractivity contribution in [1.82, 2.24) is 0 Å². The third kappa shape index (κ3) is 0.703. The first-order chi connectivity index (χ1) is 3.72. The second-order valence-corrected chi connectivity index (χ2v) is 2.50. The summed E-state index contributed by atoms with van der Waals surface area (Å²) in [6.45, 7) is 1.99. The zero-order valence-corrected chi connectivity index (χ0v) is 4.92. The standard InChI is InChI=1S/C6H10O2/c1-4-2-3-5(4)6(7)8/h4-5H,2-3H2,1H3,(H,7,8)/t4-,5-/m0/s1. The molecule has 0 heterocycles. The van der Waals surface area contributed by atoms with E-state index in [1.54, 1.807) is 0 Å². The van der Waals surface area contributed by atoms with Crippen LogP contribution in [0.15, 0.2) is 0 Å². The van der Waals surface area contributed by atoms with E-state index in [9.17, 15) is 4.79 Å². The topological polar surface area (TPSA) is 37.3 Å². The van der Waals surface area contributed by atoms with Gasteiger partial charge in [-0.1, -0.05) is 6.92 Å².